The molecular weight excluding hydrogens is 223 g/mol. The van der Waals surface area contributed by atoms with Gasteiger partial charge in [0.2, 0.25) is 0 Å². The summed E-state index contributed by atoms with van der Waals surface area (Å²) < 4.78 is 0. The van der Waals surface area contributed by atoms with Gasteiger partial charge in [0.25, 0.3) is 0 Å². The summed E-state index contributed by atoms with van der Waals surface area (Å²) in [6, 6.07) is 10.8. The van der Waals surface area contributed by atoms with E-state index in [0.717, 1.165) is 0 Å². The van der Waals surface area contributed by atoms with Crippen molar-refractivity contribution in [2.24, 2.45) is 0 Å². The van der Waals surface area contributed by atoms with Gasteiger partial charge < -0.3 is 0 Å². The SMILES string of the molecule is CC1=CP(C(C)(C)C)CC(c2ccccc2)=C1. The molecule has 1 heterocycles. The maximum absolute atomic E-state index is 2.49. The van der Waals surface area contributed by atoms with E-state index in [0.29, 0.717) is 5.16 Å². The van der Waals surface area contributed by atoms with Gasteiger partial charge in [0.05, 0.1) is 0 Å². The molecule has 1 aliphatic rings. The second kappa shape index (κ2) is 4.78. The zero-order valence-corrected chi connectivity index (χ0v) is 12.1. The predicted molar refractivity (Wildman–Crippen MR) is 79.7 cm³/mol. The minimum atomic E-state index is -0.0454. The molecule has 0 amide bonds. The van der Waals surface area contributed by atoms with Crippen LogP contribution in [0.3, 0.4) is 0 Å². The minimum absolute atomic E-state index is 0.0454. The lowest BCUT2D eigenvalue weighted by Crippen LogP contribution is -2.14. The lowest BCUT2D eigenvalue weighted by atomic mass is 10.1. The van der Waals surface area contributed by atoms with E-state index in [4.69, 9.17) is 0 Å². The van der Waals surface area contributed by atoms with Gasteiger partial charge in [-0.2, -0.15) is 0 Å². The molecule has 1 aromatic carbocycles. The molecule has 17 heavy (non-hydrogen) atoms. The zero-order valence-electron chi connectivity index (χ0n) is 11.2. The van der Waals surface area contributed by atoms with E-state index in [9.17, 15) is 0 Å². The van der Waals surface area contributed by atoms with E-state index in [-0.39, 0.29) is 7.92 Å². The highest BCUT2D eigenvalue weighted by Gasteiger charge is 2.25. The molecule has 1 aliphatic heterocycles. The summed E-state index contributed by atoms with van der Waals surface area (Å²) in [4.78, 5) is 0. The van der Waals surface area contributed by atoms with Gasteiger partial charge in [-0.15, -0.1) is 0 Å². The molecule has 1 atom stereocenters. The van der Waals surface area contributed by atoms with Crippen molar-refractivity contribution in [3.05, 3.63) is 53.4 Å². The molecule has 0 fully saturated rings. The highest BCUT2D eigenvalue weighted by atomic mass is 31.1. The third-order valence-corrected chi connectivity index (χ3v) is 6.23. The van der Waals surface area contributed by atoms with Crippen LogP contribution in [0.25, 0.3) is 5.57 Å². The maximum atomic E-state index is 2.49. The van der Waals surface area contributed by atoms with Crippen LogP contribution >= 0.6 is 7.92 Å². The molecule has 90 valence electrons. The van der Waals surface area contributed by atoms with E-state index < -0.39 is 0 Å². The molecule has 0 spiro atoms. The van der Waals surface area contributed by atoms with Gasteiger partial charge in [0.15, 0.2) is 0 Å². The topological polar surface area (TPSA) is 0 Å². The van der Waals surface area contributed by atoms with Crippen LogP contribution in [0.15, 0.2) is 47.8 Å². The van der Waals surface area contributed by atoms with Crippen LogP contribution in [0.4, 0.5) is 0 Å². The molecule has 1 aromatic rings. The number of hydrogen-bond acceptors (Lipinski definition) is 0. The van der Waals surface area contributed by atoms with Crippen LogP contribution in [-0.2, 0) is 0 Å². The van der Waals surface area contributed by atoms with Gasteiger partial charge in [-0.1, -0.05) is 76.5 Å². The molecule has 0 bridgehead atoms. The molecule has 2 rings (SSSR count). The van der Waals surface area contributed by atoms with Gasteiger partial charge in [-0.25, -0.2) is 0 Å². The van der Waals surface area contributed by atoms with Gasteiger partial charge in [0, 0.05) is 0 Å². The Balaban J connectivity index is 2.30. The van der Waals surface area contributed by atoms with Crippen LogP contribution in [0.2, 0.25) is 0 Å². The summed E-state index contributed by atoms with van der Waals surface area (Å²) in [5, 5.41) is 0.408. The number of allylic oxidation sites excluding steroid dienone is 3. The first-order valence-electron chi connectivity index (χ1n) is 6.18. The first kappa shape index (κ1) is 12.6. The van der Waals surface area contributed by atoms with E-state index >= 15 is 0 Å². The first-order chi connectivity index (χ1) is 7.97. The average Bonchev–Trinajstić information content (AvgIpc) is 2.28. The molecule has 0 aromatic heterocycles. The standard InChI is InChI=1S/C16H21P/c1-13-10-15(14-8-6-5-7-9-14)12-17(11-13)16(2,3)4/h5-11H,12H2,1-4H3. The van der Waals surface area contributed by atoms with Crippen molar-refractivity contribution in [1.29, 1.82) is 0 Å². The average molecular weight is 244 g/mol. The van der Waals surface area contributed by atoms with Crippen molar-refractivity contribution >= 4 is 13.5 Å². The van der Waals surface area contributed by atoms with Gasteiger partial charge in [-0.05, 0) is 29.4 Å². The monoisotopic (exact) mass is 244 g/mol. The van der Waals surface area contributed by atoms with Crippen molar-refractivity contribution in [3.63, 3.8) is 0 Å². The fraction of sp³-hybridized carbons (Fsp3) is 0.375. The van der Waals surface area contributed by atoms with Crippen LogP contribution in [-0.4, -0.2) is 11.3 Å². The van der Waals surface area contributed by atoms with Crippen LogP contribution in [0, 0.1) is 0 Å². The lowest BCUT2D eigenvalue weighted by Gasteiger charge is -2.32. The molecule has 1 heteroatoms. The fourth-order valence-corrected chi connectivity index (χ4v) is 4.25. The van der Waals surface area contributed by atoms with Gasteiger partial charge >= 0.3 is 0 Å². The summed E-state index contributed by atoms with van der Waals surface area (Å²) in [5.41, 5.74) is 4.32. The fourth-order valence-electron chi connectivity index (χ4n) is 2.09. The van der Waals surface area contributed by atoms with Crippen molar-refractivity contribution in [2.75, 3.05) is 6.16 Å². The molecule has 0 saturated carbocycles. The van der Waals surface area contributed by atoms with Gasteiger partial charge in [-0.3, -0.25) is 0 Å². The van der Waals surface area contributed by atoms with E-state index in [1.54, 1.807) is 0 Å². The highest BCUT2D eigenvalue weighted by molar-refractivity contribution is 7.63. The van der Waals surface area contributed by atoms with Crippen LogP contribution in [0.5, 0.6) is 0 Å². The normalized spacial score (nSPS) is 20.8. The quantitative estimate of drug-likeness (QED) is 0.590. The third-order valence-electron chi connectivity index (χ3n) is 3.11. The van der Waals surface area contributed by atoms with E-state index in [1.165, 1.54) is 22.9 Å². The van der Waals surface area contributed by atoms with E-state index in [2.05, 4.69) is 69.9 Å². The number of rotatable bonds is 1. The molecule has 1 unspecified atom stereocenters. The Hall–Kier alpha value is -0.870. The predicted octanol–water partition coefficient (Wildman–Crippen LogP) is 5.27. The zero-order chi connectivity index (χ0) is 12.5. The lowest BCUT2D eigenvalue weighted by molar-refractivity contribution is 0.788. The Morgan fingerprint density at radius 1 is 1.06 bits per heavy atom. The smallest absolute Gasteiger partial charge is 0.00276 e. The van der Waals surface area contributed by atoms with Crippen molar-refractivity contribution in [2.45, 2.75) is 32.9 Å². The molecule has 0 radical (unpaired) electrons. The molecule has 0 aliphatic carbocycles. The van der Waals surface area contributed by atoms with Crippen molar-refractivity contribution in [1.82, 2.24) is 0 Å². The number of hydrogen-bond donors (Lipinski definition) is 0. The molecule has 0 nitrogen and oxygen atoms in total. The van der Waals surface area contributed by atoms with Gasteiger partial charge in [0.1, 0.15) is 0 Å². The Morgan fingerprint density at radius 3 is 2.29 bits per heavy atom. The maximum Gasteiger partial charge on any atom is -0.00276 e. The number of benzene rings is 1. The van der Waals surface area contributed by atoms with Crippen molar-refractivity contribution in [3.8, 4) is 0 Å². The Morgan fingerprint density at radius 2 is 1.71 bits per heavy atom. The van der Waals surface area contributed by atoms with Crippen molar-refractivity contribution < 1.29 is 0 Å². The van der Waals surface area contributed by atoms with Crippen LogP contribution in [0.1, 0.15) is 33.3 Å². The summed E-state index contributed by atoms with van der Waals surface area (Å²) in [6.07, 6.45) is 3.57. The Labute approximate surface area is 106 Å². The largest absolute Gasteiger partial charge is 0.0729 e. The second-order valence-electron chi connectivity index (χ2n) is 5.71. The van der Waals surface area contributed by atoms with Crippen LogP contribution < -0.4 is 0 Å². The molecular formula is C16H21P. The van der Waals surface area contributed by atoms with E-state index in [1.807, 2.05) is 0 Å². The summed E-state index contributed by atoms with van der Waals surface area (Å²) >= 11 is 0. The highest BCUT2D eigenvalue weighted by Crippen LogP contribution is 2.55. The third kappa shape index (κ3) is 3.07. The second-order valence-corrected chi connectivity index (χ2v) is 8.56. The minimum Gasteiger partial charge on any atom is -0.0729 e. The summed E-state index contributed by atoms with van der Waals surface area (Å²) in [5.74, 6) is 2.49. The summed E-state index contributed by atoms with van der Waals surface area (Å²) in [6.45, 7) is 9.30. The first-order valence-corrected chi connectivity index (χ1v) is 7.77. The molecule has 0 saturated heterocycles. The molecule has 0 N–H and O–H groups in total. The summed E-state index contributed by atoms with van der Waals surface area (Å²) in [7, 11) is -0.0454. The Bertz CT molecular complexity index is 446. The Kier molecular flexibility index (Phi) is 3.54.